The fourth-order valence-corrected chi connectivity index (χ4v) is 7.21. The van der Waals surface area contributed by atoms with Gasteiger partial charge in [-0.2, -0.15) is 0 Å². The molecule has 1 amide bonds. The molecule has 1 fully saturated rings. The number of carbonyl (C=O) groups excluding carboxylic acids is 3. The van der Waals surface area contributed by atoms with Gasteiger partial charge in [-0.05, 0) is 73.9 Å². The number of hydrogen-bond donors (Lipinski definition) is 1. The number of fused-ring (bicyclic) bond motifs is 6. The Morgan fingerprint density at radius 1 is 0.837 bits per heavy atom. The topological polar surface area (TPSA) is 75.7 Å². The number of benzene rings is 4. The van der Waals surface area contributed by atoms with E-state index in [1.165, 1.54) is 0 Å². The number of anilines is 1. The Balaban J connectivity index is 1.48. The summed E-state index contributed by atoms with van der Waals surface area (Å²) in [7, 11) is 0. The maximum atomic E-state index is 14.9. The van der Waals surface area contributed by atoms with Gasteiger partial charge in [-0.1, -0.05) is 72.3 Å². The van der Waals surface area contributed by atoms with Crippen LogP contribution in [0.3, 0.4) is 0 Å². The first-order valence-electron chi connectivity index (χ1n) is 14.7. The van der Waals surface area contributed by atoms with Crippen LogP contribution in [0, 0.1) is 12.8 Å². The van der Waals surface area contributed by atoms with Crippen LogP contribution in [0.4, 0.5) is 5.69 Å². The van der Waals surface area contributed by atoms with Crippen LogP contribution in [0.15, 0.2) is 103 Å². The first-order valence-corrected chi connectivity index (χ1v) is 14.7. The quantitative estimate of drug-likeness (QED) is 0.260. The van der Waals surface area contributed by atoms with Gasteiger partial charge in [0.15, 0.2) is 11.6 Å². The molecule has 1 spiro atoms. The summed E-state index contributed by atoms with van der Waals surface area (Å²) in [6.45, 7) is 5.86. The summed E-state index contributed by atoms with van der Waals surface area (Å²) in [5, 5.41) is 3.09. The first kappa shape index (κ1) is 26.9. The van der Waals surface area contributed by atoms with E-state index in [1.807, 2.05) is 111 Å². The van der Waals surface area contributed by atoms with Crippen LogP contribution in [0.1, 0.15) is 62.9 Å². The maximum Gasteiger partial charge on any atom is 0.238 e. The van der Waals surface area contributed by atoms with Crippen molar-refractivity contribution >= 4 is 29.2 Å². The van der Waals surface area contributed by atoms with Gasteiger partial charge in [-0.25, -0.2) is 0 Å². The van der Waals surface area contributed by atoms with Crippen LogP contribution >= 0.6 is 0 Å². The Morgan fingerprint density at radius 2 is 1.49 bits per heavy atom. The molecule has 4 unspecified atom stereocenters. The molecule has 0 radical (unpaired) electrons. The third kappa shape index (κ3) is 4.04. The summed E-state index contributed by atoms with van der Waals surface area (Å²) in [6, 6.07) is 28.4. The Labute approximate surface area is 251 Å². The molecule has 3 aliphatic rings. The highest BCUT2D eigenvalue weighted by atomic mass is 16.5. The number of ketones is 2. The van der Waals surface area contributed by atoms with E-state index in [9.17, 15) is 14.4 Å². The lowest BCUT2D eigenvalue weighted by Crippen LogP contribution is -2.49. The number of hydrogen-bond acceptors (Lipinski definition) is 5. The highest BCUT2D eigenvalue weighted by Gasteiger charge is 2.70. The zero-order valence-corrected chi connectivity index (χ0v) is 24.3. The van der Waals surface area contributed by atoms with Crippen molar-refractivity contribution in [3.05, 3.63) is 137 Å². The summed E-state index contributed by atoms with van der Waals surface area (Å²) in [6.07, 6.45) is 3.85. The lowest BCUT2D eigenvalue weighted by atomic mass is 9.62. The van der Waals surface area contributed by atoms with E-state index in [1.54, 1.807) is 24.3 Å². The molecule has 43 heavy (non-hydrogen) atoms. The summed E-state index contributed by atoms with van der Waals surface area (Å²) < 4.78 is 5.83. The van der Waals surface area contributed by atoms with Crippen molar-refractivity contribution < 1.29 is 19.1 Å². The second kappa shape index (κ2) is 10.1. The number of rotatable bonds is 6. The number of ether oxygens (including phenoxy) is 1. The minimum Gasteiger partial charge on any atom is -0.491 e. The van der Waals surface area contributed by atoms with Crippen LogP contribution in [0.5, 0.6) is 5.75 Å². The molecular formula is C37H32N2O4. The monoisotopic (exact) mass is 568 g/mol. The number of aryl methyl sites for hydroxylation is 1. The Hall–Kier alpha value is -4.97. The molecule has 1 saturated heterocycles. The third-order valence-corrected chi connectivity index (χ3v) is 8.97. The summed E-state index contributed by atoms with van der Waals surface area (Å²) >= 11 is 0. The van der Waals surface area contributed by atoms with E-state index in [4.69, 9.17) is 4.74 Å². The molecule has 0 aromatic heterocycles. The van der Waals surface area contributed by atoms with Gasteiger partial charge in [0.1, 0.15) is 17.2 Å². The number of Topliss-reactive ketones (excluding diaryl/α,β-unsaturated/α-hetero) is 2. The van der Waals surface area contributed by atoms with Crippen LogP contribution in [0.2, 0.25) is 0 Å². The fourth-order valence-electron chi connectivity index (χ4n) is 7.21. The highest BCUT2D eigenvalue weighted by molar-refractivity contribution is 6.16. The van der Waals surface area contributed by atoms with Gasteiger partial charge < -0.3 is 15.0 Å². The standard InChI is InChI=1S/C37H32N2O4/c1-22(2)43-27-18-16-25(17-19-27)33(40)31-32(34(41)26-14-12-23(3)13-15-26)39-21-20-24-8-4-5-9-28(24)35(39)37(31)29-10-6-7-11-30(29)38-36(37)42/h4-22,31-32,35H,1-3H3,(H,38,42). The van der Waals surface area contributed by atoms with E-state index >= 15 is 0 Å². The molecule has 4 atom stereocenters. The molecule has 1 N–H and O–H groups in total. The number of para-hydroxylation sites is 1. The molecule has 3 heterocycles. The number of amides is 1. The third-order valence-electron chi connectivity index (χ3n) is 8.97. The van der Waals surface area contributed by atoms with Crippen molar-refractivity contribution in [3.8, 4) is 5.75 Å². The Bertz CT molecular complexity index is 1790. The van der Waals surface area contributed by atoms with Gasteiger partial charge >= 0.3 is 0 Å². The van der Waals surface area contributed by atoms with E-state index in [-0.39, 0.29) is 23.6 Å². The van der Waals surface area contributed by atoms with Gasteiger partial charge in [-0.15, -0.1) is 0 Å². The molecule has 3 aliphatic heterocycles. The first-order chi connectivity index (χ1) is 20.8. The molecule has 4 aromatic carbocycles. The Morgan fingerprint density at radius 3 is 2.23 bits per heavy atom. The molecule has 4 aromatic rings. The molecular weight excluding hydrogens is 536 g/mol. The number of nitrogens with one attached hydrogen (secondary N) is 1. The summed E-state index contributed by atoms with van der Waals surface area (Å²) in [5.74, 6) is -1.08. The van der Waals surface area contributed by atoms with Crippen molar-refractivity contribution in [2.75, 3.05) is 5.32 Å². The Kier molecular flexibility index (Phi) is 6.31. The number of nitrogens with zero attached hydrogens (tertiary/aromatic N) is 1. The zero-order valence-electron chi connectivity index (χ0n) is 24.3. The van der Waals surface area contributed by atoms with Crippen LogP contribution in [0.25, 0.3) is 6.08 Å². The molecule has 0 bridgehead atoms. The smallest absolute Gasteiger partial charge is 0.238 e. The van der Waals surface area contributed by atoms with Crippen molar-refractivity contribution in [3.63, 3.8) is 0 Å². The minimum atomic E-state index is -1.35. The molecule has 6 nitrogen and oxygen atoms in total. The van der Waals surface area contributed by atoms with Crippen molar-refractivity contribution in [2.24, 2.45) is 5.92 Å². The molecule has 214 valence electrons. The zero-order chi connectivity index (χ0) is 29.9. The predicted octanol–water partition coefficient (Wildman–Crippen LogP) is 6.76. The summed E-state index contributed by atoms with van der Waals surface area (Å²) in [5.41, 5.74) is 3.88. The van der Waals surface area contributed by atoms with Crippen LogP contribution < -0.4 is 10.1 Å². The fraction of sp³-hybridized carbons (Fsp3) is 0.216. The second-order valence-electron chi connectivity index (χ2n) is 11.9. The lowest BCUT2D eigenvalue weighted by Gasteiger charge is -2.38. The van der Waals surface area contributed by atoms with E-state index in [0.29, 0.717) is 22.6 Å². The van der Waals surface area contributed by atoms with Crippen molar-refractivity contribution in [1.82, 2.24) is 4.90 Å². The van der Waals surface area contributed by atoms with Crippen LogP contribution in [-0.4, -0.2) is 34.5 Å². The van der Waals surface area contributed by atoms with Gasteiger partial charge in [-0.3, -0.25) is 14.4 Å². The highest BCUT2D eigenvalue weighted by Crippen LogP contribution is 2.62. The van der Waals surface area contributed by atoms with Gasteiger partial charge in [0.25, 0.3) is 0 Å². The average Bonchev–Trinajstić information content (AvgIpc) is 3.49. The number of carbonyl (C=O) groups is 3. The van der Waals surface area contributed by atoms with Gasteiger partial charge in [0.2, 0.25) is 5.91 Å². The van der Waals surface area contributed by atoms with E-state index in [0.717, 1.165) is 22.3 Å². The molecule has 0 saturated carbocycles. The largest absolute Gasteiger partial charge is 0.491 e. The van der Waals surface area contributed by atoms with Crippen LogP contribution in [-0.2, 0) is 10.2 Å². The van der Waals surface area contributed by atoms with E-state index in [2.05, 4.69) is 5.32 Å². The minimum absolute atomic E-state index is 0.0161. The van der Waals surface area contributed by atoms with Gasteiger partial charge in [0.05, 0.1) is 18.1 Å². The van der Waals surface area contributed by atoms with Crippen molar-refractivity contribution in [2.45, 2.75) is 44.4 Å². The molecule has 0 aliphatic carbocycles. The SMILES string of the molecule is Cc1ccc(C(=O)C2C(C(=O)c3ccc(OC(C)C)cc3)C3(C(=O)Nc4ccccc43)C3c4ccccc4C=CN23)cc1. The normalized spacial score (nSPS) is 23.1. The van der Waals surface area contributed by atoms with Crippen molar-refractivity contribution in [1.29, 1.82) is 0 Å². The summed E-state index contributed by atoms with van der Waals surface area (Å²) in [4.78, 5) is 46.1. The van der Waals surface area contributed by atoms with E-state index < -0.39 is 23.4 Å². The second-order valence-corrected chi connectivity index (χ2v) is 11.9. The maximum absolute atomic E-state index is 14.9. The van der Waals surface area contributed by atoms with Gasteiger partial charge in [0, 0.05) is 23.0 Å². The molecule has 7 rings (SSSR count). The predicted molar refractivity (Wildman–Crippen MR) is 166 cm³/mol. The molecule has 6 heteroatoms. The lowest BCUT2D eigenvalue weighted by molar-refractivity contribution is -0.122. The average molecular weight is 569 g/mol.